The number of allylic oxidation sites excluding steroid dienone is 2. The number of benzene rings is 2. The highest BCUT2D eigenvalue weighted by atomic mass is 35.5. The average molecular weight is 333 g/mol. The van der Waals surface area contributed by atoms with Crippen LogP contribution in [-0.4, -0.2) is 11.6 Å². The van der Waals surface area contributed by atoms with Crippen LogP contribution in [-0.2, 0) is 0 Å². The number of rotatable bonds is 4. The van der Waals surface area contributed by atoms with Gasteiger partial charge in [-0.05, 0) is 73.5 Å². The van der Waals surface area contributed by atoms with Crippen molar-refractivity contribution in [2.75, 3.05) is 0 Å². The van der Waals surface area contributed by atoms with Crippen molar-refractivity contribution in [2.45, 2.75) is 13.8 Å². The molecular formula is C18H14Cl2O2. The first-order valence-corrected chi connectivity index (χ1v) is 7.43. The van der Waals surface area contributed by atoms with Crippen LogP contribution in [0.4, 0.5) is 0 Å². The van der Waals surface area contributed by atoms with E-state index in [9.17, 15) is 9.59 Å². The molecule has 0 aliphatic carbocycles. The molecule has 0 aromatic heterocycles. The third-order valence-electron chi connectivity index (χ3n) is 3.27. The molecule has 0 aliphatic rings. The Morgan fingerprint density at radius 1 is 0.773 bits per heavy atom. The Balaban J connectivity index is 2.16. The first-order chi connectivity index (χ1) is 10.4. The van der Waals surface area contributed by atoms with E-state index in [4.69, 9.17) is 23.2 Å². The lowest BCUT2D eigenvalue weighted by atomic mass is 10.0. The molecule has 0 amide bonds. The van der Waals surface area contributed by atoms with Crippen LogP contribution in [0.5, 0.6) is 0 Å². The van der Waals surface area contributed by atoms with E-state index in [1.54, 1.807) is 36.4 Å². The number of halogens is 2. The topological polar surface area (TPSA) is 34.1 Å². The van der Waals surface area contributed by atoms with Crippen LogP contribution >= 0.6 is 23.2 Å². The quantitative estimate of drug-likeness (QED) is 0.567. The second kappa shape index (κ2) is 6.91. The van der Waals surface area contributed by atoms with Gasteiger partial charge in [-0.15, -0.1) is 0 Å². The van der Waals surface area contributed by atoms with Gasteiger partial charge in [0.05, 0.1) is 0 Å². The van der Waals surface area contributed by atoms with Gasteiger partial charge >= 0.3 is 0 Å². The second-order valence-electron chi connectivity index (χ2n) is 4.99. The molecule has 2 aromatic rings. The molecule has 0 N–H and O–H groups in total. The van der Waals surface area contributed by atoms with Gasteiger partial charge in [0.1, 0.15) is 0 Å². The maximum atomic E-state index is 12.1. The van der Waals surface area contributed by atoms with Gasteiger partial charge in [-0.1, -0.05) is 23.2 Å². The molecule has 112 valence electrons. The van der Waals surface area contributed by atoms with Crippen molar-refractivity contribution >= 4 is 34.8 Å². The summed E-state index contributed by atoms with van der Waals surface area (Å²) in [5.74, 6) is -0.474. The van der Waals surface area contributed by atoms with Crippen molar-refractivity contribution in [1.82, 2.24) is 0 Å². The fraction of sp³-hybridized carbons (Fsp3) is 0.111. The Bertz CT molecular complexity index is 711. The molecule has 22 heavy (non-hydrogen) atoms. The summed E-state index contributed by atoms with van der Waals surface area (Å²) in [6.07, 6.45) is 2.55. The van der Waals surface area contributed by atoms with Gasteiger partial charge in [-0.3, -0.25) is 9.59 Å². The zero-order valence-corrected chi connectivity index (χ0v) is 13.7. The number of aryl methyl sites for hydroxylation is 2. The van der Waals surface area contributed by atoms with Gasteiger partial charge in [0.15, 0.2) is 11.6 Å². The van der Waals surface area contributed by atoms with E-state index in [1.807, 2.05) is 13.8 Å². The summed E-state index contributed by atoms with van der Waals surface area (Å²) in [5.41, 5.74) is 2.64. The first-order valence-electron chi connectivity index (χ1n) is 6.67. The molecule has 2 nitrogen and oxygen atoms in total. The van der Waals surface area contributed by atoms with Crippen LogP contribution in [0.25, 0.3) is 0 Å². The standard InChI is InChI=1S/C18H14Cl2O2/c1-11-9-13(3-5-15(11)19)17(21)7-8-18(22)14-4-6-16(20)12(2)10-14/h3-10H,1-2H3/b8-7+. The molecule has 0 fully saturated rings. The maximum absolute atomic E-state index is 12.1. The summed E-state index contributed by atoms with van der Waals surface area (Å²) >= 11 is 11.9. The molecule has 0 heterocycles. The summed E-state index contributed by atoms with van der Waals surface area (Å²) in [5, 5.41) is 1.21. The highest BCUT2D eigenvalue weighted by Crippen LogP contribution is 2.18. The summed E-state index contributed by atoms with van der Waals surface area (Å²) in [6.45, 7) is 3.65. The van der Waals surface area contributed by atoms with E-state index in [-0.39, 0.29) is 11.6 Å². The Labute approximate surface area is 139 Å². The van der Waals surface area contributed by atoms with Crippen molar-refractivity contribution in [1.29, 1.82) is 0 Å². The fourth-order valence-electron chi connectivity index (χ4n) is 1.94. The molecule has 2 aromatic carbocycles. The number of ketones is 2. The number of hydrogen-bond acceptors (Lipinski definition) is 2. The summed E-state index contributed by atoms with van der Waals surface area (Å²) in [7, 11) is 0. The molecule has 2 rings (SSSR count). The van der Waals surface area contributed by atoms with E-state index in [2.05, 4.69) is 0 Å². The fourth-order valence-corrected chi connectivity index (χ4v) is 2.17. The lowest BCUT2D eigenvalue weighted by molar-refractivity contribution is 0.102. The van der Waals surface area contributed by atoms with Crippen LogP contribution in [0.3, 0.4) is 0 Å². The van der Waals surface area contributed by atoms with Crippen LogP contribution < -0.4 is 0 Å². The van der Waals surface area contributed by atoms with Crippen molar-refractivity contribution in [3.05, 3.63) is 80.8 Å². The highest BCUT2D eigenvalue weighted by molar-refractivity contribution is 6.31. The van der Waals surface area contributed by atoms with Gasteiger partial charge in [0.25, 0.3) is 0 Å². The van der Waals surface area contributed by atoms with Crippen molar-refractivity contribution < 1.29 is 9.59 Å². The third kappa shape index (κ3) is 3.85. The minimum absolute atomic E-state index is 0.237. The molecular weight excluding hydrogens is 319 g/mol. The van der Waals surface area contributed by atoms with E-state index in [0.29, 0.717) is 21.2 Å². The third-order valence-corrected chi connectivity index (χ3v) is 4.12. The Hall–Kier alpha value is -1.90. The summed E-state index contributed by atoms with van der Waals surface area (Å²) < 4.78 is 0. The van der Waals surface area contributed by atoms with Crippen molar-refractivity contribution in [3.63, 3.8) is 0 Å². The van der Waals surface area contributed by atoms with E-state index in [0.717, 1.165) is 11.1 Å². The molecule has 0 spiro atoms. The van der Waals surface area contributed by atoms with E-state index in [1.165, 1.54) is 12.2 Å². The summed E-state index contributed by atoms with van der Waals surface area (Å²) in [6, 6.07) is 10.0. The SMILES string of the molecule is Cc1cc(C(=O)/C=C/C(=O)c2ccc(Cl)c(C)c2)ccc1Cl. The lowest BCUT2D eigenvalue weighted by Crippen LogP contribution is -1.99. The Morgan fingerprint density at radius 2 is 1.14 bits per heavy atom. The van der Waals surface area contributed by atoms with Gasteiger partial charge < -0.3 is 0 Å². The largest absolute Gasteiger partial charge is 0.289 e. The van der Waals surface area contributed by atoms with E-state index < -0.39 is 0 Å². The highest BCUT2D eigenvalue weighted by Gasteiger charge is 2.07. The van der Waals surface area contributed by atoms with Crippen LogP contribution in [0.2, 0.25) is 10.0 Å². The second-order valence-corrected chi connectivity index (χ2v) is 5.80. The Morgan fingerprint density at radius 3 is 1.45 bits per heavy atom. The van der Waals surface area contributed by atoms with Crippen LogP contribution in [0.1, 0.15) is 31.8 Å². The summed E-state index contributed by atoms with van der Waals surface area (Å²) in [4.78, 5) is 24.1. The van der Waals surface area contributed by atoms with Crippen molar-refractivity contribution in [3.8, 4) is 0 Å². The molecule has 0 bridgehead atoms. The molecule has 0 saturated carbocycles. The Kier molecular flexibility index (Phi) is 5.17. The van der Waals surface area contributed by atoms with Crippen LogP contribution in [0.15, 0.2) is 48.6 Å². The number of hydrogen-bond donors (Lipinski definition) is 0. The molecule has 0 aliphatic heterocycles. The molecule has 0 radical (unpaired) electrons. The molecule has 0 saturated heterocycles. The normalized spacial score (nSPS) is 10.9. The van der Waals surface area contributed by atoms with Crippen molar-refractivity contribution in [2.24, 2.45) is 0 Å². The molecule has 0 unspecified atom stereocenters. The predicted molar refractivity (Wildman–Crippen MR) is 90.2 cm³/mol. The van der Waals surface area contributed by atoms with Gasteiger partial charge in [0, 0.05) is 21.2 Å². The maximum Gasteiger partial charge on any atom is 0.185 e. The average Bonchev–Trinajstić information content (AvgIpc) is 2.50. The number of carbonyl (C=O) groups is 2. The minimum atomic E-state index is -0.237. The van der Waals surface area contributed by atoms with Gasteiger partial charge in [-0.2, -0.15) is 0 Å². The zero-order chi connectivity index (χ0) is 16.3. The lowest BCUT2D eigenvalue weighted by Gasteiger charge is -2.01. The predicted octanol–water partition coefficient (Wildman–Crippen LogP) is 5.23. The zero-order valence-electron chi connectivity index (χ0n) is 12.2. The van der Waals surface area contributed by atoms with Gasteiger partial charge in [0.2, 0.25) is 0 Å². The monoisotopic (exact) mass is 332 g/mol. The first kappa shape index (κ1) is 16.5. The van der Waals surface area contributed by atoms with E-state index >= 15 is 0 Å². The minimum Gasteiger partial charge on any atom is -0.289 e. The molecule has 0 atom stereocenters. The molecule has 4 heteroatoms. The smallest absolute Gasteiger partial charge is 0.185 e. The van der Waals surface area contributed by atoms with Crippen LogP contribution in [0, 0.1) is 13.8 Å². The number of carbonyl (C=O) groups excluding carboxylic acids is 2. The van der Waals surface area contributed by atoms with Gasteiger partial charge in [-0.25, -0.2) is 0 Å².